The Morgan fingerprint density at radius 3 is 2.66 bits per heavy atom. The van der Waals surface area contributed by atoms with Gasteiger partial charge in [0.05, 0.1) is 31.2 Å². The highest BCUT2D eigenvalue weighted by molar-refractivity contribution is 8.00. The van der Waals surface area contributed by atoms with Crippen molar-refractivity contribution in [3.05, 3.63) is 58.6 Å². The van der Waals surface area contributed by atoms with Gasteiger partial charge >= 0.3 is 5.76 Å². The smallest absolute Gasteiger partial charge is 0.417 e. The summed E-state index contributed by atoms with van der Waals surface area (Å²) in [6, 6.07) is 8.18. The normalized spacial score (nSPS) is 10.2. The molecule has 0 radical (unpaired) electrons. The van der Waals surface area contributed by atoms with E-state index in [-0.39, 0.29) is 24.0 Å². The standard InChI is InChI=1S/C18H15FN4O4S2.C2H6.H2S/c1-25-11-4-3-10(14(5-11)26-2)8-23(17-20-9-21-28-17)29-16-7-15-13(6-12(16)19)22-18(24)27-15;1-2;/h3-7,9H,8H2,1-2H3,(H,22,24);1-2H3;1H2. The molecule has 12 heteroatoms. The zero-order chi connectivity index (χ0) is 22.4. The van der Waals surface area contributed by atoms with E-state index in [1.165, 1.54) is 30.0 Å². The van der Waals surface area contributed by atoms with Crippen LogP contribution in [-0.2, 0) is 6.54 Å². The van der Waals surface area contributed by atoms with Crippen molar-refractivity contribution in [1.29, 1.82) is 0 Å². The predicted octanol–water partition coefficient (Wildman–Crippen LogP) is 4.98. The number of anilines is 1. The van der Waals surface area contributed by atoms with Crippen molar-refractivity contribution in [3.8, 4) is 11.5 Å². The minimum atomic E-state index is -0.634. The lowest BCUT2D eigenvalue weighted by Gasteiger charge is -2.21. The van der Waals surface area contributed by atoms with Crippen LogP contribution in [0.1, 0.15) is 19.4 Å². The Morgan fingerprint density at radius 1 is 1.22 bits per heavy atom. The molecule has 172 valence electrons. The first kappa shape index (κ1) is 25.6. The van der Waals surface area contributed by atoms with Gasteiger partial charge in [-0.3, -0.25) is 9.29 Å². The summed E-state index contributed by atoms with van der Waals surface area (Å²) in [5, 5.41) is 0.586. The summed E-state index contributed by atoms with van der Waals surface area (Å²) in [6.07, 6.45) is 1.43. The molecule has 0 bridgehead atoms. The third-order valence-corrected chi connectivity index (χ3v) is 5.89. The Balaban J connectivity index is 0.00000118. The van der Waals surface area contributed by atoms with Crippen LogP contribution in [-0.4, -0.2) is 28.6 Å². The number of aromatic nitrogens is 3. The van der Waals surface area contributed by atoms with E-state index in [4.69, 9.17) is 13.9 Å². The van der Waals surface area contributed by atoms with Gasteiger partial charge in [0.25, 0.3) is 0 Å². The number of aromatic amines is 1. The SMILES string of the molecule is CC.COc1ccc(CN(Sc2cc3oc(=O)[nH]c3cc2F)c2ncns2)c(OC)c1.S. The summed E-state index contributed by atoms with van der Waals surface area (Å²) in [6.45, 7) is 4.36. The molecule has 0 fully saturated rings. The zero-order valence-electron chi connectivity index (χ0n) is 17.8. The number of oxazole rings is 1. The van der Waals surface area contributed by atoms with Crippen LogP contribution < -0.4 is 19.5 Å². The summed E-state index contributed by atoms with van der Waals surface area (Å²) in [4.78, 5) is 18.3. The Kier molecular flexibility index (Phi) is 9.42. The number of hydrogen-bond donors (Lipinski definition) is 1. The highest BCUT2D eigenvalue weighted by Crippen LogP contribution is 2.36. The summed E-state index contributed by atoms with van der Waals surface area (Å²) in [5.74, 6) is 0.174. The first-order valence-electron chi connectivity index (χ1n) is 9.33. The molecule has 0 aliphatic rings. The third kappa shape index (κ3) is 5.75. The summed E-state index contributed by atoms with van der Waals surface area (Å²) < 4.78 is 36.2. The molecule has 0 spiro atoms. The molecule has 2 aromatic carbocycles. The highest BCUT2D eigenvalue weighted by Gasteiger charge is 2.19. The fourth-order valence-electron chi connectivity index (χ4n) is 2.69. The van der Waals surface area contributed by atoms with Gasteiger partial charge in [0, 0.05) is 35.3 Å². The van der Waals surface area contributed by atoms with Crippen LogP contribution in [0.4, 0.5) is 9.52 Å². The average Bonchev–Trinajstić information content (AvgIpc) is 3.44. The first-order chi connectivity index (χ1) is 15.1. The van der Waals surface area contributed by atoms with Crippen LogP contribution in [0.25, 0.3) is 11.1 Å². The van der Waals surface area contributed by atoms with Crippen molar-refractivity contribution >= 4 is 53.2 Å². The van der Waals surface area contributed by atoms with Crippen molar-refractivity contribution in [2.24, 2.45) is 0 Å². The maximum atomic E-state index is 14.6. The molecule has 0 amide bonds. The molecule has 0 unspecified atom stereocenters. The predicted molar refractivity (Wildman–Crippen MR) is 130 cm³/mol. The molecule has 4 aromatic rings. The van der Waals surface area contributed by atoms with Gasteiger partial charge in [0.15, 0.2) is 5.58 Å². The van der Waals surface area contributed by atoms with Crippen molar-refractivity contribution in [3.63, 3.8) is 0 Å². The van der Waals surface area contributed by atoms with E-state index in [1.54, 1.807) is 24.6 Å². The van der Waals surface area contributed by atoms with Gasteiger partial charge in [0.2, 0.25) is 5.13 Å². The number of H-pyrrole nitrogens is 1. The lowest BCUT2D eigenvalue weighted by Crippen LogP contribution is -2.14. The number of benzene rings is 2. The maximum Gasteiger partial charge on any atom is 0.417 e. The molecule has 0 saturated carbocycles. The van der Waals surface area contributed by atoms with Gasteiger partial charge in [-0.05, 0) is 24.1 Å². The van der Waals surface area contributed by atoms with Gasteiger partial charge in [0.1, 0.15) is 23.6 Å². The molecule has 32 heavy (non-hydrogen) atoms. The minimum absolute atomic E-state index is 0. The molecule has 0 aliphatic carbocycles. The van der Waals surface area contributed by atoms with E-state index in [0.29, 0.717) is 28.7 Å². The summed E-state index contributed by atoms with van der Waals surface area (Å²) >= 11 is 2.31. The van der Waals surface area contributed by atoms with Crippen molar-refractivity contribution < 1.29 is 18.3 Å². The van der Waals surface area contributed by atoms with E-state index in [0.717, 1.165) is 17.5 Å². The fraction of sp³-hybridized carbons (Fsp3) is 0.250. The molecule has 1 N–H and O–H groups in total. The number of methoxy groups -OCH3 is 2. The lowest BCUT2D eigenvalue weighted by molar-refractivity contribution is 0.391. The van der Waals surface area contributed by atoms with Crippen molar-refractivity contribution in [1.82, 2.24) is 14.3 Å². The molecule has 0 aliphatic heterocycles. The van der Waals surface area contributed by atoms with Crippen molar-refractivity contribution in [2.75, 3.05) is 18.5 Å². The number of ether oxygens (including phenoxy) is 2. The van der Waals surface area contributed by atoms with Crippen LogP contribution in [0.2, 0.25) is 0 Å². The monoisotopic (exact) mass is 498 g/mol. The Hall–Kier alpha value is -2.70. The van der Waals surface area contributed by atoms with Crippen LogP contribution >= 0.6 is 37.0 Å². The van der Waals surface area contributed by atoms with Gasteiger partial charge < -0.3 is 13.9 Å². The van der Waals surface area contributed by atoms with E-state index < -0.39 is 11.6 Å². The number of fused-ring (bicyclic) bond motifs is 1. The molecular formula is C20H23FN4O4S3. The average molecular weight is 499 g/mol. The number of nitrogens with zero attached hydrogens (tertiary/aromatic N) is 3. The first-order valence-corrected chi connectivity index (χ1v) is 10.9. The third-order valence-electron chi connectivity index (χ3n) is 4.05. The minimum Gasteiger partial charge on any atom is -0.497 e. The second-order valence-corrected chi connectivity index (χ2v) is 7.64. The number of hydrogen-bond acceptors (Lipinski definition) is 9. The van der Waals surface area contributed by atoms with E-state index in [9.17, 15) is 9.18 Å². The number of nitrogens with one attached hydrogen (secondary N) is 1. The molecule has 4 rings (SSSR count). The van der Waals surface area contributed by atoms with Gasteiger partial charge in [-0.25, -0.2) is 14.2 Å². The van der Waals surface area contributed by atoms with Crippen LogP contribution in [0.3, 0.4) is 0 Å². The largest absolute Gasteiger partial charge is 0.497 e. The van der Waals surface area contributed by atoms with Crippen LogP contribution in [0.5, 0.6) is 11.5 Å². The highest BCUT2D eigenvalue weighted by atomic mass is 32.2. The second-order valence-electron chi connectivity index (χ2n) is 5.82. The Morgan fingerprint density at radius 2 is 2.00 bits per heavy atom. The van der Waals surface area contributed by atoms with Gasteiger partial charge in [-0.1, -0.05) is 13.8 Å². The molecule has 0 atom stereocenters. The quantitative estimate of drug-likeness (QED) is 0.357. The molecule has 8 nitrogen and oxygen atoms in total. The molecule has 2 aromatic heterocycles. The topological polar surface area (TPSA) is 93.5 Å². The Bertz CT molecular complexity index is 1200. The van der Waals surface area contributed by atoms with Crippen molar-refractivity contribution in [2.45, 2.75) is 25.3 Å². The number of halogens is 1. The maximum absolute atomic E-state index is 14.6. The van der Waals surface area contributed by atoms with Crippen LogP contribution in [0, 0.1) is 5.82 Å². The zero-order valence-corrected chi connectivity index (χ0v) is 20.5. The van der Waals surface area contributed by atoms with Gasteiger partial charge in [-0.2, -0.15) is 17.9 Å². The van der Waals surface area contributed by atoms with E-state index in [1.807, 2.05) is 26.0 Å². The second kappa shape index (κ2) is 11.8. The Labute approximate surface area is 199 Å². The van der Waals surface area contributed by atoms with Crippen LogP contribution in [0.15, 0.2) is 50.8 Å². The van der Waals surface area contributed by atoms with Gasteiger partial charge in [-0.15, -0.1) is 0 Å². The van der Waals surface area contributed by atoms with E-state index >= 15 is 0 Å². The molecular weight excluding hydrogens is 475 g/mol. The molecule has 2 heterocycles. The van der Waals surface area contributed by atoms with E-state index in [2.05, 4.69) is 14.3 Å². The number of rotatable bonds is 7. The summed E-state index contributed by atoms with van der Waals surface area (Å²) in [5.41, 5.74) is 1.43. The lowest BCUT2D eigenvalue weighted by atomic mass is 10.2. The summed E-state index contributed by atoms with van der Waals surface area (Å²) in [7, 11) is 3.15. The molecule has 0 saturated heterocycles. The fourth-order valence-corrected chi connectivity index (χ4v) is 4.22.